The number of carbonyl (C=O) groups is 7. The first-order chi connectivity index (χ1) is 60.1. The van der Waals surface area contributed by atoms with E-state index < -0.39 is 28.6 Å². The summed E-state index contributed by atoms with van der Waals surface area (Å²) in [5, 5.41) is 21.1. The van der Waals surface area contributed by atoms with Gasteiger partial charge in [0.2, 0.25) is 5.91 Å². The van der Waals surface area contributed by atoms with Crippen molar-refractivity contribution >= 4 is 108 Å². The Kier molecular flexibility index (Phi) is 36.4. The van der Waals surface area contributed by atoms with Gasteiger partial charge >= 0.3 is 17.9 Å². The maximum atomic E-state index is 12.1. The van der Waals surface area contributed by atoms with Crippen molar-refractivity contribution in [3.63, 3.8) is 0 Å². The molecule has 6 fully saturated rings. The van der Waals surface area contributed by atoms with Gasteiger partial charge in [0.15, 0.2) is 16.4 Å². The van der Waals surface area contributed by atoms with Gasteiger partial charge in [-0.25, -0.2) is 19.7 Å². The number of esters is 1. The third kappa shape index (κ3) is 28.2. The number of alkyl halides is 1. The van der Waals surface area contributed by atoms with Gasteiger partial charge in [0.1, 0.15) is 55.8 Å². The number of benzene rings is 8. The molecule has 6 aliphatic rings. The Bertz CT molecular complexity index is 4810. The van der Waals surface area contributed by atoms with Crippen LogP contribution in [-0.4, -0.2) is 82.9 Å². The molecule has 6 saturated carbocycles. The normalized spacial score (nSPS) is 15.3. The number of aliphatic carboxylic acids is 1. The molecule has 3 aromatic heterocycles. The maximum Gasteiger partial charge on any atom is 0.348 e. The summed E-state index contributed by atoms with van der Waals surface area (Å²) in [6, 6.07) is 67.8. The van der Waals surface area contributed by atoms with E-state index in [1.165, 1.54) is 113 Å². The highest BCUT2D eigenvalue weighted by Crippen LogP contribution is 2.44. The molecule has 0 radical (unpaired) electrons. The fourth-order valence-electron chi connectivity index (χ4n) is 15.5. The lowest BCUT2D eigenvalue weighted by Crippen LogP contribution is -2.26. The van der Waals surface area contributed by atoms with Gasteiger partial charge in [0, 0.05) is 58.8 Å². The van der Waals surface area contributed by atoms with Crippen LogP contribution in [0, 0.1) is 17.8 Å². The number of aromatic nitrogens is 3. The summed E-state index contributed by atoms with van der Waals surface area (Å²) in [6.07, 6.45) is 27.8. The Hall–Kier alpha value is -11.1. The predicted molar refractivity (Wildman–Crippen MR) is 497 cm³/mol. The summed E-state index contributed by atoms with van der Waals surface area (Å²) >= 11 is 12.2. The summed E-state index contributed by atoms with van der Waals surface area (Å²) in [5.41, 5.74) is 21.2. The molecule has 648 valence electrons. The van der Waals surface area contributed by atoms with Crippen LogP contribution in [0.2, 0.25) is 0 Å². The van der Waals surface area contributed by atoms with Gasteiger partial charge in [-0.2, -0.15) is 0 Å². The number of Topliss-reactive ketones (excluding diaryl/α,β-unsaturated/α-hetero) is 2. The summed E-state index contributed by atoms with van der Waals surface area (Å²) in [6.45, 7) is 3.55. The molecule has 11 aromatic rings. The molecule has 25 heteroatoms. The van der Waals surface area contributed by atoms with Crippen molar-refractivity contribution in [2.75, 3.05) is 6.61 Å². The molecule has 8 aromatic carbocycles. The molecular formula is C99H107BrN6O14S4. The molecule has 6 aliphatic carbocycles. The minimum Gasteiger partial charge on any atom is -0.481 e. The van der Waals surface area contributed by atoms with Crippen LogP contribution in [0.15, 0.2) is 218 Å². The lowest BCUT2D eigenvalue weighted by molar-refractivity contribution is -0.142. The second-order valence-corrected chi connectivity index (χ2v) is 35.7. The zero-order chi connectivity index (χ0) is 87.7. The number of ether oxygens (including phenoxy) is 5. The number of thiocarbonyl (C=S) groups is 1. The minimum atomic E-state index is -0.992. The van der Waals surface area contributed by atoms with E-state index in [2.05, 4.69) is 15.9 Å². The summed E-state index contributed by atoms with van der Waals surface area (Å²) in [5.74, 6) is 5.20. The van der Waals surface area contributed by atoms with E-state index in [0.717, 1.165) is 140 Å². The average molecular weight is 1810 g/mol. The second kappa shape index (κ2) is 48.3. The Balaban J connectivity index is 0.000000147. The van der Waals surface area contributed by atoms with Gasteiger partial charge < -0.3 is 51.1 Å². The molecular weight excluding hydrogens is 1710 g/mol. The van der Waals surface area contributed by atoms with E-state index >= 15 is 0 Å². The summed E-state index contributed by atoms with van der Waals surface area (Å²) in [7, 11) is 0. The first-order valence-corrected chi connectivity index (χ1v) is 46.5. The molecule has 17 rings (SSSR count). The van der Waals surface area contributed by atoms with Gasteiger partial charge in [0.25, 0.3) is 5.91 Å². The third-order valence-electron chi connectivity index (χ3n) is 22.2. The molecule has 1 unspecified atom stereocenters. The van der Waals surface area contributed by atoms with Gasteiger partial charge in [0.05, 0.1) is 54.5 Å². The molecule has 8 N–H and O–H groups in total. The quantitative estimate of drug-likeness (QED) is 0.0123. The van der Waals surface area contributed by atoms with E-state index in [-0.39, 0.29) is 35.9 Å². The molecule has 0 spiro atoms. The maximum absolute atomic E-state index is 12.1. The van der Waals surface area contributed by atoms with Crippen molar-refractivity contribution < 1.29 is 67.5 Å². The largest absolute Gasteiger partial charge is 0.481 e. The highest BCUT2D eigenvalue weighted by atomic mass is 79.9. The fraction of sp³-hybridized carbons (Fsp3) is 0.343. The first kappa shape index (κ1) is 93.6. The van der Waals surface area contributed by atoms with E-state index in [4.69, 9.17) is 73.2 Å². The van der Waals surface area contributed by atoms with Gasteiger partial charge in [-0.1, -0.05) is 178 Å². The topological polar surface area (TPSA) is 323 Å². The van der Waals surface area contributed by atoms with Gasteiger partial charge in [-0.15, -0.1) is 34.0 Å². The Morgan fingerprint density at radius 2 is 0.677 bits per heavy atom. The monoisotopic (exact) mass is 1810 g/mol. The minimum absolute atomic E-state index is 0.0185. The predicted octanol–water partition coefficient (Wildman–Crippen LogP) is 25.2. The van der Waals surface area contributed by atoms with Crippen LogP contribution in [-0.2, 0) is 19.1 Å². The smallest absolute Gasteiger partial charge is 0.348 e. The Morgan fingerprint density at radius 3 is 0.952 bits per heavy atom. The molecule has 0 aliphatic heterocycles. The molecule has 3 heterocycles. The van der Waals surface area contributed by atoms with E-state index in [1.807, 2.05) is 194 Å². The molecule has 0 saturated heterocycles. The highest BCUT2D eigenvalue weighted by Gasteiger charge is 2.31. The number of carboxylic acids is 2. The number of para-hydroxylation sites is 4. The molecule has 124 heavy (non-hydrogen) atoms. The number of hydrogen-bond donors (Lipinski definition) is 5. The Morgan fingerprint density at radius 1 is 0.395 bits per heavy atom. The van der Waals surface area contributed by atoms with Crippen molar-refractivity contribution in [1.82, 2.24) is 15.0 Å². The van der Waals surface area contributed by atoms with Crippen LogP contribution < -0.4 is 36.1 Å². The van der Waals surface area contributed by atoms with Crippen molar-refractivity contribution in [1.29, 1.82) is 0 Å². The van der Waals surface area contributed by atoms with Crippen molar-refractivity contribution in [2.24, 2.45) is 35.0 Å². The van der Waals surface area contributed by atoms with Crippen LogP contribution in [0.5, 0.6) is 46.0 Å². The van der Waals surface area contributed by atoms with Crippen LogP contribution >= 0.6 is 62.2 Å². The first-order valence-electron chi connectivity index (χ1n) is 42.7. The van der Waals surface area contributed by atoms with E-state index in [1.54, 1.807) is 49.4 Å². The summed E-state index contributed by atoms with van der Waals surface area (Å²) in [4.78, 5) is 95.7. The zero-order valence-corrected chi connectivity index (χ0v) is 74.7. The number of halogens is 1. The number of primary amides is 2. The lowest BCUT2D eigenvalue weighted by Gasteiger charge is -2.09. The molecule has 2 amide bonds. The van der Waals surface area contributed by atoms with Crippen LogP contribution in [0.1, 0.15) is 240 Å². The van der Waals surface area contributed by atoms with Crippen molar-refractivity contribution in [2.45, 2.75) is 191 Å². The molecule has 20 nitrogen and oxygen atoms in total. The Labute approximate surface area is 750 Å². The van der Waals surface area contributed by atoms with Crippen LogP contribution in [0.25, 0.3) is 33.8 Å². The fourth-order valence-corrected chi connectivity index (χ4v) is 19.5. The second-order valence-electron chi connectivity index (χ2n) is 31.2. The number of ketones is 2. The van der Waals surface area contributed by atoms with Crippen molar-refractivity contribution in [3.05, 3.63) is 254 Å². The average Bonchev–Trinajstić information content (AvgIpc) is 1.67. The number of amides is 2. The molecule has 0 bridgehead atoms. The van der Waals surface area contributed by atoms with E-state index in [0.29, 0.717) is 67.6 Å². The van der Waals surface area contributed by atoms with Crippen LogP contribution in [0.3, 0.4) is 0 Å². The number of carbonyl (C=O) groups excluding carboxylic acids is 5. The standard InChI is InChI=1S/C22H21NO2S.C21H20N2O2S.C21H19NO3S.C17H15BrO4.C6H11NO.C6H11NS.C6H10O2/c1-15(24)21-20(23-22(26-21)17-7-5-6-8-17)16-11-13-19(14-12-16)25-18-9-3-2-4-10-18;22-20(24)19-18(23-21(26-19)15-6-4-5-7-15)14-10-12-17(13-11-14)25-16-8-2-1-3-9-16;23-21(24)19-18(22-20(26-19)15-6-4-5-7-15)14-10-12-17(13-11-14)25-16-8-2-1-3-9-16;1-2-21-17(20)15(18)16(19)12-8-10-14(11-9-12)22-13-6-4-3-5-7-13;3*7-6(8)5-3-1-2-4-5/h2-4,9-14,17H,5-8H2,1H3;1-3,8-13,15H,4-7H2,(H2,22,24);1-3,8-13,15H,4-7H2,(H,23,24);3-11,15H,2H2,1H3;2*5H,1-4H2,(H2,7,8);5H,1-4H2,(H,7,8). The number of hydrogen-bond acceptors (Lipinski definition) is 19. The third-order valence-corrected chi connectivity index (χ3v) is 27.0. The number of thiazole rings is 3. The van der Waals surface area contributed by atoms with Crippen molar-refractivity contribution in [3.8, 4) is 79.8 Å². The van der Waals surface area contributed by atoms with Crippen LogP contribution in [0.4, 0.5) is 0 Å². The number of rotatable bonds is 24. The molecule has 1 atom stereocenters. The van der Waals surface area contributed by atoms with Gasteiger partial charge in [-0.05, 0) is 230 Å². The van der Waals surface area contributed by atoms with E-state index in [9.17, 15) is 38.7 Å². The summed E-state index contributed by atoms with van der Waals surface area (Å²) < 4.78 is 27.9. The number of aromatic carboxylic acids is 1. The number of carboxylic acid groups (broad SMARTS) is 2. The van der Waals surface area contributed by atoms with Gasteiger partial charge in [-0.3, -0.25) is 28.8 Å². The lowest BCUT2D eigenvalue weighted by atomic mass is 10.1. The number of nitrogens with zero attached hydrogens (tertiary/aromatic N) is 3. The zero-order valence-electron chi connectivity index (χ0n) is 69.9. The SMILES string of the molecule is CC(=O)c1sc(C2CCCC2)nc1-c1ccc(Oc2ccccc2)cc1.CCOC(=O)C(Br)C(=O)c1ccc(Oc2ccccc2)cc1.NC(=O)C1CCCC1.NC(=O)c1sc(C2CCCC2)nc1-c1ccc(Oc2ccccc2)cc1.NC(=S)C1CCCC1.O=C(O)C1CCCC1.O=C(O)c1sc(C2CCCC2)nc1-c1ccc(Oc2ccccc2)cc1. The highest BCUT2D eigenvalue weighted by molar-refractivity contribution is 9.10. The number of nitrogens with two attached hydrogens (primary N) is 3.